The molecule has 1 heterocycles. The third-order valence-electron chi connectivity index (χ3n) is 3.03. The van der Waals surface area contributed by atoms with Gasteiger partial charge in [-0.2, -0.15) is 8.78 Å². The van der Waals surface area contributed by atoms with E-state index in [-0.39, 0.29) is 29.2 Å². The van der Waals surface area contributed by atoms with Gasteiger partial charge in [0.2, 0.25) is 0 Å². The van der Waals surface area contributed by atoms with Crippen LogP contribution in [-0.2, 0) is 11.3 Å². The van der Waals surface area contributed by atoms with Crippen molar-refractivity contribution >= 4 is 17.3 Å². The molecule has 0 aliphatic heterocycles. The molecule has 2 rings (SSSR count). The summed E-state index contributed by atoms with van der Waals surface area (Å²) >= 11 is 0. The normalized spacial score (nSPS) is 10.6. The highest BCUT2D eigenvalue weighted by molar-refractivity contribution is 5.91. The van der Waals surface area contributed by atoms with Crippen LogP contribution in [0.15, 0.2) is 30.7 Å². The number of carbonyl (C=O) groups excluding carboxylic acids is 1. The summed E-state index contributed by atoms with van der Waals surface area (Å²) in [6, 6.07) is 3.62. The van der Waals surface area contributed by atoms with Gasteiger partial charge in [0.05, 0.1) is 42.4 Å². The molecular formula is C13H12F2N4O4. The summed E-state index contributed by atoms with van der Waals surface area (Å²) in [4.78, 5) is 25.5. The molecule has 1 aromatic heterocycles. The van der Waals surface area contributed by atoms with Crippen molar-refractivity contribution in [1.82, 2.24) is 9.55 Å². The van der Waals surface area contributed by atoms with Crippen LogP contribution < -0.4 is 5.32 Å². The van der Waals surface area contributed by atoms with Gasteiger partial charge in [-0.05, 0) is 12.1 Å². The first-order valence-corrected chi connectivity index (χ1v) is 6.33. The minimum Gasteiger partial charge on any atom is -0.465 e. The molecule has 0 aliphatic carbocycles. The number of alkyl halides is 2. The van der Waals surface area contributed by atoms with Crippen molar-refractivity contribution < 1.29 is 23.2 Å². The molecule has 1 aromatic carbocycles. The number of esters is 1. The van der Waals surface area contributed by atoms with E-state index in [1.807, 2.05) is 0 Å². The van der Waals surface area contributed by atoms with E-state index in [2.05, 4.69) is 15.0 Å². The number of imidazole rings is 1. The molecule has 0 saturated heterocycles. The molecule has 0 unspecified atom stereocenters. The molecular weight excluding hydrogens is 314 g/mol. The van der Waals surface area contributed by atoms with Crippen LogP contribution in [0.4, 0.5) is 20.2 Å². The van der Waals surface area contributed by atoms with Crippen LogP contribution in [0.5, 0.6) is 0 Å². The molecule has 0 atom stereocenters. The molecule has 8 nitrogen and oxygen atoms in total. The van der Waals surface area contributed by atoms with E-state index < -0.39 is 17.4 Å². The van der Waals surface area contributed by atoms with Gasteiger partial charge in [0.15, 0.2) is 0 Å². The summed E-state index contributed by atoms with van der Waals surface area (Å²) < 4.78 is 30.6. The summed E-state index contributed by atoms with van der Waals surface area (Å²) in [6.07, 6.45) is 2.18. The molecule has 2 aromatic rings. The van der Waals surface area contributed by atoms with Crippen LogP contribution in [-0.4, -0.2) is 27.6 Å². The Morgan fingerprint density at radius 1 is 1.52 bits per heavy atom. The van der Waals surface area contributed by atoms with Crippen molar-refractivity contribution in [2.24, 2.45) is 0 Å². The van der Waals surface area contributed by atoms with Crippen molar-refractivity contribution in [2.75, 3.05) is 12.4 Å². The number of hydrogen-bond donors (Lipinski definition) is 1. The zero-order valence-corrected chi connectivity index (χ0v) is 11.9. The lowest BCUT2D eigenvalue weighted by molar-refractivity contribution is -0.384. The van der Waals surface area contributed by atoms with E-state index in [0.29, 0.717) is 4.57 Å². The molecule has 0 bridgehead atoms. The monoisotopic (exact) mass is 326 g/mol. The largest absolute Gasteiger partial charge is 0.465 e. The Balaban J connectivity index is 2.28. The van der Waals surface area contributed by atoms with Gasteiger partial charge in [-0.1, -0.05) is 0 Å². The Bertz CT molecular complexity index is 733. The standard InChI is InChI=1S/C13H12F2N4O4/c1-23-12(20)8-2-3-11(19(21)22)10(4-8)17-6-9-5-16-7-18(9)13(14)15/h2-5,7,13,17H,6H2,1H3. The number of methoxy groups -OCH3 is 1. The molecule has 0 radical (unpaired) electrons. The second-order valence-corrected chi connectivity index (χ2v) is 4.40. The van der Waals surface area contributed by atoms with Crippen LogP contribution in [0.1, 0.15) is 22.6 Å². The first kappa shape index (κ1) is 16.3. The number of aromatic nitrogens is 2. The number of nitro benzene ring substituents is 1. The van der Waals surface area contributed by atoms with E-state index in [4.69, 9.17) is 0 Å². The fourth-order valence-electron chi connectivity index (χ4n) is 1.91. The average Bonchev–Trinajstić information content (AvgIpc) is 3.00. The Hall–Kier alpha value is -3.04. The Morgan fingerprint density at radius 3 is 2.87 bits per heavy atom. The lowest BCUT2D eigenvalue weighted by Crippen LogP contribution is -2.10. The highest BCUT2D eigenvalue weighted by atomic mass is 19.3. The van der Waals surface area contributed by atoms with Crippen LogP contribution in [0.3, 0.4) is 0 Å². The van der Waals surface area contributed by atoms with Crippen molar-refractivity contribution in [3.63, 3.8) is 0 Å². The number of carbonyl (C=O) groups is 1. The topological polar surface area (TPSA) is 99.3 Å². The lowest BCUT2D eigenvalue weighted by atomic mass is 10.1. The van der Waals surface area contributed by atoms with Crippen molar-refractivity contribution in [2.45, 2.75) is 13.1 Å². The summed E-state index contributed by atoms with van der Waals surface area (Å²) in [5.74, 6) is -0.666. The number of halogens is 2. The van der Waals surface area contributed by atoms with Gasteiger partial charge in [-0.15, -0.1) is 0 Å². The second kappa shape index (κ2) is 6.81. The molecule has 0 fully saturated rings. The van der Waals surface area contributed by atoms with Gasteiger partial charge in [0.25, 0.3) is 5.69 Å². The quantitative estimate of drug-likeness (QED) is 0.497. The first-order valence-electron chi connectivity index (χ1n) is 6.33. The summed E-state index contributed by atoms with van der Waals surface area (Å²) in [6.45, 7) is -2.90. The van der Waals surface area contributed by atoms with E-state index in [1.54, 1.807) is 0 Å². The maximum absolute atomic E-state index is 12.7. The molecule has 23 heavy (non-hydrogen) atoms. The fourth-order valence-corrected chi connectivity index (χ4v) is 1.91. The van der Waals surface area contributed by atoms with Gasteiger partial charge >= 0.3 is 12.5 Å². The molecule has 0 saturated carbocycles. The van der Waals surface area contributed by atoms with E-state index in [0.717, 1.165) is 12.4 Å². The Labute approximate surface area is 128 Å². The second-order valence-electron chi connectivity index (χ2n) is 4.40. The highest BCUT2D eigenvalue weighted by Crippen LogP contribution is 2.26. The highest BCUT2D eigenvalue weighted by Gasteiger charge is 2.18. The number of rotatable bonds is 6. The molecule has 0 aliphatic rings. The lowest BCUT2D eigenvalue weighted by Gasteiger charge is -2.10. The van der Waals surface area contributed by atoms with Crippen molar-refractivity contribution in [1.29, 1.82) is 0 Å². The molecule has 0 spiro atoms. The van der Waals surface area contributed by atoms with E-state index >= 15 is 0 Å². The predicted octanol–water partition coefficient (Wildman–Crippen LogP) is 2.59. The zero-order valence-electron chi connectivity index (χ0n) is 11.9. The summed E-state index contributed by atoms with van der Waals surface area (Å²) in [7, 11) is 1.18. The number of hydrogen-bond acceptors (Lipinski definition) is 6. The number of ether oxygens (including phenoxy) is 1. The molecule has 122 valence electrons. The minimum absolute atomic E-state index is 0.0138. The van der Waals surface area contributed by atoms with Crippen LogP contribution >= 0.6 is 0 Å². The number of anilines is 1. The average molecular weight is 326 g/mol. The van der Waals surface area contributed by atoms with Crippen molar-refractivity contribution in [3.05, 3.63) is 52.1 Å². The third-order valence-corrected chi connectivity index (χ3v) is 3.03. The van der Waals surface area contributed by atoms with Gasteiger partial charge in [-0.25, -0.2) is 9.78 Å². The number of benzene rings is 1. The smallest absolute Gasteiger partial charge is 0.337 e. The number of nitro groups is 1. The molecule has 1 N–H and O–H groups in total. The van der Waals surface area contributed by atoms with Gasteiger partial charge in [0.1, 0.15) is 5.69 Å². The van der Waals surface area contributed by atoms with Crippen LogP contribution in [0, 0.1) is 10.1 Å². The maximum Gasteiger partial charge on any atom is 0.337 e. The maximum atomic E-state index is 12.7. The number of nitrogens with one attached hydrogen (secondary N) is 1. The fraction of sp³-hybridized carbons (Fsp3) is 0.231. The number of nitrogens with zero attached hydrogens (tertiary/aromatic N) is 3. The van der Waals surface area contributed by atoms with Crippen molar-refractivity contribution in [3.8, 4) is 0 Å². The SMILES string of the molecule is COC(=O)c1ccc([N+](=O)[O-])c(NCc2cncn2C(F)F)c1. The molecule has 10 heteroatoms. The molecule has 0 amide bonds. The Kier molecular flexibility index (Phi) is 4.84. The van der Waals surface area contributed by atoms with Crippen LogP contribution in [0.25, 0.3) is 0 Å². The third kappa shape index (κ3) is 3.59. The van der Waals surface area contributed by atoms with Gasteiger partial charge in [0, 0.05) is 6.07 Å². The van der Waals surface area contributed by atoms with E-state index in [9.17, 15) is 23.7 Å². The summed E-state index contributed by atoms with van der Waals surface area (Å²) in [5, 5.41) is 13.7. The minimum atomic E-state index is -2.77. The Morgan fingerprint density at radius 2 is 2.26 bits per heavy atom. The van der Waals surface area contributed by atoms with Crippen LogP contribution in [0.2, 0.25) is 0 Å². The van der Waals surface area contributed by atoms with Gasteiger partial charge in [-0.3, -0.25) is 14.7 Å². The predicted molar refractivity (Wildman–Crippen MR) is 75.2 cm³/mol. The summed E-state index contributed by atoms with van der Waals surface area (Å²) in [5.41, 5.74) is -0.0404. The zero-order chi connectivity index (χ0) is 17.0. The van der Waals surface area contributed by atoms with E-state index in [1.165, 1.54) is 25.4 Å². The first-order chi connectivity index (χ1) is 10.9. The van der Waals surface area contributed by atoms with Gasteiger partial charge < -0.3 is 10.1 Å².